The van der Waals surface area contributed by atoms with Crippen LogP contribution < -0.4 is 10.6 Å². The van der Waals surface area contributed by atoms with E-state index in [9.17, 15) is 9.18 Å². The molecule has 0 aliphatic rings. The molecule has 0 radical (unpaired) electrons. The van der Waals surface area contributed by atoms with E-state index < -0.39 is 0 Å². The SMILES string of the molecule is Cc1nc(NCCCN(C)C)cc(C(=O)NCc2ccc(F)cc2)n1. The second kappa shape index (κ2) is 9.08. The average Bonchev–Trinajstić information content (AvgIpc) is 2.57. The lowest BCUT2D eigenvalue weighted by molar-refractivity contribution is 0.0945. The second-order valence-corrected chi connectivity index (χ2v) is 6.08. The monoisotopic (exact) mass is 345 g/mol. The number of hydrogen-bond acceptors (Lipinski definition) is 5. The highest BCUT2D eigenvalue weighted by atomic mass is 19.1. The van der Waals surface area contributed by atoms with Crippen molar-refractivity contribution in [3.05, 3.63) is 53.2 Å². The van der Waals surface area contributed by atoms with Crippen LogP contribution in [0.1, 0.15) is 28.3 Å². The van der Waals surface area contributed by atoms with Crippen molar-refractivity contribution in [1.82, 2.24) is 20.2 Å². The van der Waals surface area contributed by atoms with Crippen LogP contribution in [0.3, 0.4) is 0 Å². The molecule has 0 bridgehead atoms. The first kappa shape index (κ1) is 18.8. The Hall–Kier alpha value is -2.54. The molecule has 0 aliphatic heterocycles. The fourth-order valence-corrected chi connectivity index (χ4v) is 2.26. The third-order valence-corrected chi connectivity index (χ3v) is 3.53. The van der Waals surface area contributed by atoms with Crippen molar-refractivity contribution in [3.63, 3.8) is 0 Å². The lowest BCUT2D eigenvalue weighted by atomic mass is 10.2. The predicted octanol–water partition coefficient (Wildman–Crippen LogP) is 2.22. The summed E-state index contributed by atoms with van der Waals surface area (Å²) in [4.78, 5) is 22.9. The predicted molar refractivity (Wildman–Crippen MR) is 96.0 cm³/mol. The number of benzene rings is 1. The molecule has 2 N–H and O–H groups in total. The van der Waals surface area contributed by atoms with Gasteiger partial charge in [-0.25, -0.2) is 14.4 Å². The van der Waals surface area contributed by atoms with Gasteiger partial charge >= 0.3 is 0 Å². The van der Waals surface area contributed by atoms with Gasteiger partial charge in [0.2, 0.25) is 0 Å². The van der Waals surface area contributed by atoms with Crippen LogP contribution >= 0.6 is 0 Å². The maximum Gasteiger partial charge on any atom is 0.270 e. The van der Waals surface area contributed by atoms with E-state index in [1.807, 2.05) is 14.1 Å². The van der Waals surface area contributed by atoms with Gasteiger partial charge in [0.15, 0.2) is 0 Å². The molecule has 134 valence electrons. The number of aromatic nitrogens is 2. The van der Waals surface area contributed by atoms with Crippen LogP contribution in [-0.4, -0.2) is 48.0 Å². The van der Waals surface area contributed by atoms with Crippen molar-refractivity contribution in [2.24, 2.45) is 0 Å². The third kappa shape index (κ3) is 6.46. The number of carbonyl (C=O) groups is 1. The summed E-state index contributed by atoms with van der Waals surface area (Å²) >= 11 is 0. The molecular weight excluding hydrogens is 321 g/mol. The molecule has 0 saturated heterocycles. The summed E-state index contributed by atoms with van der Waals surface area (Å²) in [5, 5.41) is 6.00. The van der Waals surface area contributed by atoms with Crippen LogP contribution in [0.2, 0.25) is 0 Å². The van der Waals surface area contributed by atoms with Crippen molar-refractivity contribution in [1.29, 1.82) is 0 Å². The maximum absolute atomic E-state index is 12.9. The number of hydrogen-bond donors (Lipinski definition) is 2. The number of nitrogens with zero attached hydrogens (tertiary/aromatic N) is 3. The highest BCUT2D eigenvalue weighted by Gasteiger charge is 2.10. The Morgan fingerprint density at radius 2 is 1.92 bits per heavy atom. The number of aryl methyl sites for hydroxylation is 1. The molecule has 0 spiro atoms. The molecule has 0 unspecified atom stereocenters. The topological polar surface area (TPSA) is 70.2 Å². The van der Waals surface area contributed by atoms with Gasteiger partial charge in [-0.3, -0.25) is 4.79 Å². The molecular formula is C18H24FN5O. The zero-order chi connectivity index (χ0) is 18.2. The van der Waals surface area contributed by atoms with E-state index in [-0.39, 0.29) is 11.7 Å². The lowest BCUT2D eigenvalue weighted by Gasteiger charge is -2.11. The molecule has 7 heteroatoms. The Bertz CT molecular complexity index is 703. The van der Waals surface area contributed by atoms with Crippen molar-refractivity contribution < 1.29 is 9.18 Å². The molecule has 6 nitrogen and oxygen atoms in total. The molecule has 2 rings (SSSR count). The van der Waals surface area contributed by atoms with Gasteiger partial charge in [-0.2, -0.15) is 0 Å². The minimum Gasteiger partial charge on any atom is -0.370 e. The highest BCUT2D eigenvalue weighted by Crippen LogP contribution is 2.08. The third-order valence-electron chi connectivity index (χ3n) is 3.53. The number of rotatable bonds is 8. The largest absolute Gasteiger partial charge is 0.370 e. The van der Waals surface area contributed by atoms with Crippen molar-refractivity contribution in [2.75, 3.05) is 32.5 Å². The van der Waals surface area contributed by atoms with Gasteiger partial charge < -0.3 is 15.5 Å². The van der Waals surface area contributed by atoms with Crippen molar-refractivity contribution >= 4 is 11.7 Å². The second-order valence-electron chi connectivity index (χ2n) is 6.08. The first-order valence-corrected chi connectivity index (χ1v) is 8.21. The van der Waals surface area contributed by atoms with Crippen LogP contribution in [0.15, 0.2) is 30.3 Å². The van der Waals surface area contributed by atoms with Crippen molar-refractivity contribution in [3.8, 4) is 0 Å². The summed E-state index contributed by atoms with van der Waals surface area (Å²) in [6.45, 7) is 3.81. The van der Waals surface area contributed by atoms with Crippen LogP contribution in [0.5, 0.6) is 0 Å². The molecule has 1 heterocycles. The van der Waals surface area contributed by atoms with E-state index >= 15 is 0 Å². The first-order valence-electron chi connectivity index (χ1n) is 8.21. The molecule has 25 heavy (non-hydrogen) atoms. The summed E-state index contributed by atoms with van der Waals surface area (Å²) in [7, 11) is 4.05. The first-order chi connectivity index (χ1) is 11.9. The minimum atomic E-state index is -0.300. The fraction of sp³-hybridized carbons (Fsp3) is 0.389. The highest BCUT2D eigenvalue weighted by molar-refractivity contribution is 5.92. The van der Waals surface area contributed by atoms with Gasteiger partial charge in [0.25, 0.3) is 5.91 Å². The zero-order valence-electron chi connectivity index (χ0n) is 14.8. The summed E-state index contributed by atoms with van der Waals surface area (Å²) in [5.41, 5.74) is 1.13. The Labute approximate surface area is 147 Å². The van der Waals surface area contributed by atoms with E-state index in [0.29, 0.717) is 23.9 Å². The molecule has 0 saturated carbocycles. The lowest BCUT2D eigenvalue weighted by Crippen LogP contribution is -2.24. The molecule has 0 atom stereocenters. The average molecular weight is 345 g/mol. The van der Waals surface area contributed by atoms with E-state index in [0.717, 1.165) is 25.1 Å². The fourth-order valence-electron chi connectivity index (χ4n) is 2.26. The number of nitrogens with one attached hydrogen (secondary N) is 2. The van der Waals surface area contributed by atoms with Crippen molar-refractivity contribution in [2.45, 2.75) is 19.9 Å². The number of carbonyl (C=O) groups excluding carboxylic acids is 1. The van der Waals surface area contributed by atoms with Gasteiger partial charge in [-0.1, -0.05) is 12.1 Å². The van der Waals surface area contributed by atoms with E-state index in [1.165, 1.54) is 12.1 Å². The van der Waals surface area contributed by atoms with E-state index in [2.05, 4.69) is 25.5 Å². The summed E-state index contributed by atoms with van der Waals surface area (Å²) < 4.78 is 12.9. The Kier molecular flexibility index (Phi) is 6.82. The van der Waals surface area contributed by atoms with Gasteiger partial charge in [0, 0.05) is 19.2 Å². The standard InChI is InChI=1S/C18H24FN5O/c1-13-22-16(11-17(23-13)20-9-4-10-24(2)3)18(25)21-12-14-5-7-15(19)8-6-14/h5-8,11H,4,9-10,12H2,1-3H3,(H,21,25)(H,20,22,23). The maximum atomic E-state index is 12.9. The van der Waals surface area contributed by atoms with Crippen LogP contribution in [0.4, 0.5) is 10.2 Å². The Morgan fingerprint density at radius 3 is 2.60 bits per heavy atom. The van der Waals surface area contributed by atoms with Crippen LogP contribution in [0, 0.1) is 12.7 Å². The molecule has 1 aromatic heterocycles. The summed E-state index contributed by atoms with van der Waals surface area (Å²) in [5.74, 6) is 0.584. The van der Waals surface area contributed by atoms with Gasteiger partial charge in [-0.15, -0.1) is 0 Å². The molecule has 0 fully saturated rings. The van der Waals surface area contributed by atoms with Gasteiger partial charge in [0.05, 0.1) is 0 Å². The summed E-state index contributed by atoms with van der Waals surface area (Å²) in [6.07, 6.45) is 0.974. The quantitative estimate of drug-likeness (QED) is 0.718. The Morgan fingerprint density at radius 1 is 1.20 bits per heavy atom. The number of anilines is 1. The van der Waals surface area contributed by atoms with Gasteiger partial charge in [0.1, 0.15) is 23.2 Å². The molecule has 1 aromatic carbocycles. The molecule has 2 aromatic rings. The smallest absolute Gasteiger partial charge is 0.270 e. The molecule has 1 amide bonds. The van der Waals surface area contributed by atoms with E-state index in [1.54, 1.807) is 25.1 Å². The normalized spacial score (nSPS) is 10.8. The molecule has 0 aliphatic carbocycles. The van der Waals surface area contributed by atoms with Gasteiger partial charge in [-0.05, 0) is 51.7 Å². The Balaban J connectivity index is 1.93. The summed E-state index contributed by atoms with van der Waals surface area (Å²) in [6, 6.07) is 7.65. The van der Waals surface area contributed by atoms with E-state index in [4.69, 9.17) is 0 Å². The number of amides is 1. The minimum absolute atomic E-state index is 0.286. The van der Waals surface area contributed by atoms with Crippen LogP contribution in [0.25, 0.3) is 0 Å². The zero-order valence-corrected chi connectivity index (χ0v) is 14.8. The number of halogens is 1. The van der Waals surface area contributed by atoms with Crippen LogP contribution in [-0.2, 0) is 6.54 Å².